The van der Waals surface area contributed by atoms with Gasteiger partial charge in [-0.2, -0.15) is 0 Å². The lowest BCUT2D eigenvalue weighted by atomic mass is 10.1. The monoisotopic (exact) mass is 267 g/mol. The molecule has 4 heteroatoms. The number of hydrogen-bond acceptors (Lipinski definition) is 3. The second kappa shape index (κ2) is 5.84. The van der Waals surface area contributed by atoms with E-state index in [0.29, 0.717) is 12.1 Å². The lowest BCUT2D eigenvalue weighted by Gasteiger charge is -2.15. The molecule has 2 N–H and O–H groups in total. The van der Waals surface area contributed by atoms with Crippen LogP contribution in [-0.4, -0.2) is 30.5 Å². The molecule has 2 aromatic rings. The van der Waals surface area contributed by atoms with Gasteiger partial charge in [0.25, 0.3) is 5.91 Å². The fourth-order valence-corrected chi connectivity index (χ4v) is 2.42. The number of aromatic nitrogens is 1. The van der Waals surface area contributed by atoms with E-state index in [-0.39, 0.29) is 5.91 Å². The molecular weight excluding hydrogens is 250 g/mol. The summed E-state index contributed by atoms with van der Waals surface area (Å²) in [5.74, 6) is -0.0389. The van der Waals surface area contributed by atoms with Crippen LogP contribution in [0, 0.1) is 0 Å². The summed E-state index contributed by atoms with van der Waals surface area (Å²) in [5, 5.41) is 7.15. The van der Waals surface area contributed by atoms with Crippen molar-refractivity contribution in [2.24, 2.45) is 0 Å². The molecule has 1 aromatic carbocycles. The van der Waals surface area contributed by atoms with Gasteiger partial charge in [0, 0.05) is 30.2 Å². The van der Waals surface area contributed by atoms with Crippen LogP contribution in [0.5, 0.6) is 0 Å². The first kappa shape index (κ1) is 12.8. The summed E-state index contributed by atoms with van der Waals surface area (Å²) in [6.07, 6.45) is 4.88. The Balaban J connectivity index is 1.77. The molecule has 2 heterocycles. The van der Waals surface area contributed by atoms with Crippen LogP contribution in [0.1, 0.15) is 16.8 Å². The molecule has 0 fully saturated rings. The van der Waals surface area contributed by atoms with Crippen LogP contribution < -0.4 is 10.6 Å². The van der Waals surface area contributed by atoms with E-state index >= 15 is 0 Å². The number of nitrogens with one attached hydrogen (secondary N) is 2. The van der Waals surface area contributed by atoms with Gasteiger partial charge in [0.1, 0.15) is 0 Å². The van der Waals surface area contributed by atoms with Crippen LogP contribution >= 0.6 is 0 Å². The van der Waals surface area contributed by atoms with E-state index in [2.05, 4.69) is 21.7 Å². The van der Waals surface area contributed by atoms with Gasteiger partial charge in [0.2, 0.25) is 0 Å². The average Bonchev–Trinajstić information content (AvgIpc) is 2.53. The van der Waals surface area contributed by atoms with Crippen LogP contribution in [-0.2, 0) is 0 Å². The highest BCUT2D eigenvalue weighted by molar-refractivity contribution is 6.06. The Morgan fingerprint density at radius 3 is 3.10 bits per heavy atom. The van der Waals surface area contributed by atoms with E-state index in [1.807, 2.05) is 30.3 Å². The number of carbonyl (C=O) groups excluding carboxylic acids is 1. The Hall–Kier alpha value is -2.20. The molecule has 0 saturated carbocycles. The predicted molar refractivity (Wildman–Crippen MR) is 79.6 cm³/mol. The summed E-state index contributed by atoms with van der Waals surface area (Å²) in [5.41, 5.74) is 2.82. The maximum absolute atomic E-state index is 12.3. The molecule has 20 heavy (non-hydrogen) atoms. The van der Waals surface area contributed by atoms with Gasteiger partial charge in [-0.1, -0.05) is 23.8 Å². The molecule has 0 radical (unpaired) electrons. The number of benzene rings is 1. The first-order valence-electron chi connectivity index (χ1n) is 6.85. The number of hydrogen-bond donors (Lipinski definition) is 2. The molecule has 0 atom stereocenters. The summed E-state index contributed by atoms with van der Waals surface area (Å²) >= 11 is 0. The van der Waals surface area contributed by atoms with E-state index in [0.717, 1.165) is 30.4 Å². The zero-order chi connectivity index (χ0) is 13.8. The van der Waals surface area contributed by atoms with Gasteiger partial charge in [-0.05, 0) is 31.2 Å². The molecule has 1 aromatic heterocycles. The van der Waals surface area contributed by atoms with Gasteiger partial charge in [0.05, 0.1) is 5.52 Å². The quantitative estimate of drug-likeness (QED) is 0.835. The molecule has 1 aliphatic rings. The third-order valence-corrected chi connectivity index (χ3v) is 3.52. The zero-order valence-electron chi connectivity index (χ0n) is 11.2. The van der Waals surface area contributed by atoms with Gasteiger partial charge in [-0.3, -0.25) is 9.78 Å². The standard InChI is InChI=1S/C16H17N3O/c20-16(19-11-12-6-9-17-10-7-12)14-3-1-5-15-13(14)4-2-8-18-15/h1-6,8,17H,7,9-11H2,(H,19,20). The smallest absolute Gasteiger partial charge is 0.252 e. The highest BCUT2D eigenvalue weighted by Crippen LogP contribution is 2.16. The summed E-state index contributed by atoms with van der Waals surface area (Å²) < 4.78 is 0. The second-order valence-electron chi connectivity index (χ2n) is 4.87. The van der Waals surface area contributed by atoms with E-state index < -0.39 is 0 Å². The lowest BCUT2D eigenvalue weighted by molar-refractivity contribution is 0.0958. The van der Waals surface area contributed by atoms with Crippen molar-refractivity contribution in [2.45, 2.75) is 6.42 Å². The van der Waals surface area contributed by atoms with Crippen LogP contribution in [0.3, 0.4) is 0 Å². The summed E-state index contributed by atoms with van der Waals surface area (Å²) in [7, 11) is 0. The van der Waals surface area contributed by atoms with Crippen molar-refractivity contribution in [2.75, 3.05) is 19.6 Å². The molecule has 1 amide bonds. The maximum Gasteiger partial charge on any atom is 0.252 e. The van der Waals surface area contributed by atoms with E-state index in [9.17, 15) is 4.79 Å². The van der Waals surface area contributed by atoms with Crippen LogP contribution in [0.25, 0.3) is 10.9 Å². The van der Waals surface area contributed by atoms with Gasteiger partial charge < -0.3 is 10.6 Å². The van der Waals surface area contributed by atoms with Gasteiger partial charge in [0.15, 0.2) is 0 Å². The highest BCUT2D eigenvalue weighted by Gasteiger charge is 2.11. The summed E-state index contributed by atoms with van der Waals surface area (Å²) in [6.45, 7) is 2.50. The van der Waals surface area contributed by atoms with Crippen molar-refractivity contribution >= 4 is 16.8 Å². The first-order chi connectivity index (χ1) is 9.84. The molecule has 0 saturated heterocycles. The number of pyridine rings is 1. The Morgan fingerprint density at radius 2 is 2.25 bits per heavy atom. The topological polar surface area (TPSA) is 54.0 Å². The maximum atomic E-state index is 12.3. The number of fused-ring (bicyclic) bond motifs is 1. The molecular formula is C16H17N3O. The molecule has 4 nitrogen and oxygen atoms in total. The third kappa shape index (κ3) is 2.70. The minimum Gasteiger partial charge on any atom is -0.348 e. The fraction of sp³-hybridized carbons (Fsp3) is 0.250. The minimum absolute atomic E-state index is 0.0389. The minimum atomic E-state index is -0.0389. The number of carbonyl (C=O) groups is 1. The van der Waals surface area contributed by atoms with Crippen LogP contribution in [0.15, 0.2) is 48.2 Å². The summed E-state index contributed by atoms with van der Waals surface area (Å²) in [6, 6.07) is 9.42. The van der Waals surface area contributed by atoms with Crippen LogP contribution in [0.2, 0.25) is 0 Å². The third-order valence-electron chi connectivity index (χ3n) is 3.52. The fourth-order valence-electron chi connectivity index (χ4n) is 2.42. The van der Waals surface area contributed by atoms with E-state index in [1.165, 1.54) is 5.57 Å². The average molecular weight is 267 g/mol. The molecule has 3 rings (SSSR count). The van der Waals surface area contributed by atoms with Gasteiger partial charge >= 0.3 is 0 Å². The molecule has 0 unspecified atom stereocenters. The van der Waals surface area contributed by atoms with E-state index in [1.54, 1.807) is 6.20 Å². The zero-order valence-corrected chi connectivity index (χ0v) is 11.2. The molecule has 0 bridgehead atoms. The Morgan fingerprint density at radius 1 is 1.30 bits per heavy atom. The van der Waals surface area contributed by atoms with Crippen molar-refractivity contribution in [3.63, 3.8) is 0 Å². The highest BCUT2D eigenvalue weighted by atomic mass is 16.1. The van der Waals surface area contributed by atoms with Gasteiger partial charge in [-0.15, -0.1) is 0 Å². The normalized spacial score (nSPS) is 14.9. The first-order valence-corrected chi connectivity index (χ1v) is 6.85. The lowest BCUT2D eigenvalue weighted by Crippen LogP contribution is -2.29. The number of rotatable bonds is 3. The number of amides is 1. The van der Waals surface area contributed by atoms with Crippen molar-refractivity contribution in [3.8, 4) is 0 Å². The molecule has 0 aliphatic carbocycles. The van der Waals surface area contributed by atoms with E-state index in [4.69, 9.17) is 0 Å². The largest absolute Gasteiger partial charge is 0.348 e. The Kier molecular flexibility index (Phi) is 3.74. The van der Waals surface area contributed by atoms with Gasteiger partial charge in [-0.25, -0.2) is 0 Å². The van der Waals surface area contributed by atoms with Crippen molar-refractivity contribution < 1.29 is 4.79 Å². The predicted octanol–water partition coefficient (Wildman–Crippen LogP) is 1.88. The van der Waals surface area contributed by atoms with Crippen molar-refractivity contribution in [1.29, 1.82) is 0 Å². The molecule has 0 spiro atoms. The number of nitrogens with zero attached hydrogens (tertiary/aromatic N) is 1. The summed E-state index contributed by atoms with van der Waals surface area (Å²) in [4.78, 5) is 16.6. The second-order valence-corrected chi connectivity index (χ2v) is 4.87. The Bertz CT molecular complexity index is 658. The van der Waals surface area contributed by atoms with Crippen molar-refractivity contribution in [1.82, 2.24) is 15.6 Å². The molecule has 102 valence electrons. The molecule has 1 aliphatic heterocycles. The SMILES string of the molecule is O=C(NCC1=CCNCC1)c1cccc2ncccc12. The Labute approximate surface area is 117 Å². The van der Waals surface area contributed by atoms with Crippen LogP contribution in [0.4, 0.5) is 0 Å². The van der Waals surface area contributed by atoms with Crippen molar-refractivity contribution in [3.05, 3.63) is 53.7 Å².